The SMILES string of the molecule is CCN(CC)CC.COc1ccc(OC)c(-n2c(=S)[nH]c3c(sc(=S)n3-c3ccccc3)c2=O)c1. The van der Waals surface area contributed by atoms with E-state index >= 15 is 0 Å². The van der Waals surface area contributed by atoms with Gasteiger partial charge in [-0.15, -0.1) is 0 Å². The summed E-state index contributed by atoms with van der Waals surface area (Å²) in [4.78, 5) is 18.9. The van der Waals surface area contributed by atoms with E-state index in [0.717, 1.165) is 5.69 Å². The number of benzene rings is 2. The monoisotopic (exact) mass is 530 g/mol. The lowest BCUT2D eigenvalue weighted by atomic mass is 10.2. The molecule has 186 valence electrons. The van der Waals surface area contributed by atoms with Crippen LogP contribution in [0.3, 0.4) is 0 Å². The Labute approximate surface area is 219 Å². The summed E-state index contributed by atoms with van der Waals surface area (Å²) < 4.78 is 15.2. The molecule has 0 radical (unpaired) electrons. The highest BCUT2D eigenvalue weighted by Gasteiger charge is 2.17. The molecule has 0 aliphatic rings. The van der Waals surface area contributed by atoms with Gasteiger partial charge in [-0.1, -0.05) is 50.3 Å². The molecule has 0 fully saturated rings. The van der Waals surface area contributed by atoms with Crippen LogP contribution in [-0.2, 0) is 0 Å². The first-order valence-corrected chi connectivity index (χ1v) is 12.9. The minimum absolute atomic E-state index is 0.238. The van der Waals surface area contributed by atoms with Crippen LogP contribution >= 0.6 is 35.8 Å². The molecule has 7 nitrogen and oxygen atoms in total. The van der Waals surface area contributed by atoms with Gasteiger partial charge in [0, 0.05) is 11.8 Å². The van der Waals surface area contributed by atoms with Crippen molar-refractivity contribution in [2.24, 2.45) is 0 Å². The molecular weight excluding hydrogens is 501 g/mol. The van der Waals surface area contributed by atoms with Crippen molar-refractivity contribution in [1.82, 2.24) is 19.0 Å². The Bertz CT molecular complexity index is 1450. The molecule has 0 aliphatic carbocycles. The summed E-state index contributed by atoms with van der Waals surface area (Å²) in [6.07, 6.45) is 0. The molecule has 35 heavy (non-hydrogen) atoms. The summed E-state index contributed by atoms with van der Waals surface area (Å²) >= 11 is 12.3. The van der Waals surface area contributed by atoms with Gasteiger partial charge in [0.1, 0.15) is 21.8 Å². The van der Waals surface area contributed by atoms with E-state index in [0.29, 0.717) is 31.5 Å². The van der Waals surface area contributed by atoms with E-state index in [1.54, 1.807) is 25.3 Å². The second kappa shape index (κ2) is 12.3. The van der Waals surface area contributed by atoms with Gasteiger partial charge in [-0.25, -0.2) is 4.57 Å². The van der Waals surface area contributed by atoms with Crippen LogP contribution in [0.4, 0.5) is 0 Å². The highest BCUT2D eigenvalue weighted by Crippen LogP contribution is 2.29. The van der Waals surface area contributed by atoms with Gasteiger partial charge < -0.3 is 19.4 Å². The van der Waals surface area contributed by atoms with Crippen molar-refractivity contribution in [2.75, 3.05) is 33.9 Å². The molecule has 0 unspecified atom stereocenters. The first kappa shape index (κ1) is 26.8. The maximum absolute atomic E-state index is 13.3. The summed E-state index contributed by atoms with van der Waals surface area (Å²) in [6, 6.07) is 14.8. The van der Waals surface area contributed by atoms with E-state index in [1.165, 1.54) is 42.6 Å². The molecule has 0 bridgehead atoms. The first-order chi connectivity index (χ1) is 16.9. The van der Waals surface area contributed by atoms with Crippen LogP contribution in [0, 0.1) is 8.73 Å². The van der Waals surface area contributed by atoms with Crippen LogP contribution in [0.25, 0.3) is 21.7 Å². The highest BCUT2D eigenvalue weighted by atomic mass is 32.1. The van der Waals surface area contributed by atoms with E-state index in [2.05, 4.69) is 30.7 Å². The molecule has 2 aromatic heterocycles. The Balaban J connectivity index is 0.000000429. The zero-order valence-corrected chi connectivity index (χ0v) is 23.0. The van der Waals surface area contributed by atoms with Crippen LogP contribution in [0.5, 0.6) is 11.5 Å². The van der Waals surface area contributed by atoms with Gasteiger partial charge in [-0.05, 0) is 68.3 Å². The predicted molar refractivity (Wildman–Crippen MR) is 149 cm³/mol. The third kappa shape index (κ3) is 5.72. The van der Waals surface area contributed by atoms with Crippen molar-refractivity contribution in [3.8, 4) is 22.9 Å². The standard InChI is InChI=1S/C19H15N3O3S3.C6H15N/c1-24-12-8-9-14(25-2)13(10-12)22-17(23)15-16(20-18(22)26)21(19(27)28-15)11-6-4-3-5-7-11;1-4-7(5-2)6-3/h3-10H,1-2H3,(H,20,26);4-6H2,1-3H3. The maximum Gasteiger partial charge on any atom is 0.278 e. The van der Waals surface area contributed by atoms with Crippen molar-refractivity contribution in [3.05, 3.63) is 67.6 Å². The van der Waals surface area contributed by atoms with Gasteiger partial charge in [0.15, 0.2) is 8.73 Å². The Morgan fingerprint density at radius 3 is 2.14 bits per heavy atom. The summed E-state index contributed by atoms with van der Waals surface area (Å²) in [5.41, 5.74) is 1.67. The Hall–Kier alpha value is -2.79. The van der Waals surface area contributed by atoms with Crippen molar-refractivity contribution in [3.63, 3.8) is 0 Å². The van der Waals surface area contributed by atoms with Crippen molar-refractivity contribution in [1.29, 1.82) is 0 Å². The molecule has 0 saturated carbocycles. The van der Waals surface area contributed by atoms with Crippen LogP contribution < -0.4 is 15.0 Å². The Morgan fingerprint density at radius 2 is 1.60 bits per heavy atom. The summed E-state index contributed by atoms with van der Waals surface area (Å²) in [5, 5.41) is 0. The molecule has 0 aliphatic heterocycles. The number of H-pyrrole nitrogens is 1. The van der Waals surface area contributed by atoms with Crippen molar-refractivity contribution < 1.29 is 9.47 Å². The quantitative estimate of drug-likeness (QED) is 0.296. The number of thiazole rings is 1. The molecule has 4 rings (SSSR count). The first-order valence-electron chi connectivity index (χ1n) is 11.3. The molecule has 0 spiro atoms. The number of methoxy groups -OCH3 is 2. The normalized spacial score (nSPS) is 10.8. The lowest BCUT2D eigenvalue weighted by molar-refractivity contribution is 0.321. The molecule has 0 saturated heterocycles. The van der Waals surface area contributed by atoms with Gasteiger partial charge in [-0.2, -0.15) is 0 Å². The van der Waals surface area contributed by atoms with Gasteiger partial charge in [0.25, 0.3) is 5.56 Å². The molecule has 0 atom stereocenters. The molecule has 2 aromatic carbocycles. The molecule has 1 N–H and O–H groups in total. The molecule has 10 heteroatoms. The van der Waals surface area contributed by atoms with E-state index < -0.39 is 0 Å². The van der Waals surface area contributed by atoms with E-state index in [9.17, 15) is 4.79 Å². The van der Waals surface area contributed by atoms with Crippen molar-refractivity contribution >= 4 is 46.1 Å². The molecule has 2 heterocycles. The van der Waals surface area contributed by atoms with Gasteiger partial charge in [0.2, 0.25) is 0 Å². The predicted octanol–water partition coefficient (Wildman–Crippen LogP) is 6.00. The smallest absolute Gasteiger partial charge is 0.278 e. The van der Waals surface area contributed by atoms with Gasteiger partial charge in [-0.3, -0.25) is 9.36 Å². The number of nitrogens with one attached hydrogen (secondary N) is 1. The third-order valence-electron chi connectivity index (χ3n) is 5.62. The van der Waals surface area contributed by atoms with E-state index in [4.69, 9.17) is 33.9 Å². The Morgan fingerprint density at radius 1 is 0.943 bits per heavy atom. The van der Waals surface area contributed by atoms with E-state index in [-0.39, 0.29) is 10.3 Å². The minimum atomic E-state index is -0.268. The number of ether oxygens (including phenoxy) is 2. The summed E-state index contributed by atoms with van der Waals surface area (Å²) in [6.45, 7) is 10.1. The number of hydrogen-bond acceptors (Lipinski definition) is 7. The third-order valence-corrected chi connectivity index (χ3v) is 7.27. The zero-order valence-electron chi connectivity index (χ0n) is 20.5. The second-order valence-electron chi connectivity index (χ2n) is 7.44. The van der Waals surface area contributed by atoms with Gasteiger partial charge >= 0.3 is 0 Å². The summed E-state index contributed by atoms with van der Waals surface area (Å²) in [5.74, 6) is 1.10. The Kier molecular flexibility index (Phi) is 9.39. The highest BCUT2D eigenvalue weighted by molar-refractivity contribution is 7.73. The molecule has 0 amide bonds. The fraction of sp³-hybridized carbons (Fsp3) is 0.320. The van der Waals surface area contributed by atoms with Crippen LogP contribution in [0.15, 0.2) is 53.3 Å². The zero-order chi connectivity index (χ0) is 25.5. The maximum atomic E-state index is 13.3. The second-order valence-corrected chi connectivity index (χ2v) is 9.48. The van der Waals surface area contributed by atoms with Crippen LogP contribution in [0.2, 0.25) is 0 Å². The van der Waals surface area contributed by atoms with Gasteiger partial charge in [0.05, 0.1) is 19.9 Å². The number of rotatable bonds is 7. The number of fused-ring (bicyclic) bond motifs is 1. The topological polar surface area (TPSA) is 64.4 Å². The van der Waals surface area contributed by atoms with Crippen LogP contribution in [-0.4, -0.2) is 52.9 Å². The van der Waals surface area contributed by atoms with Crippen molar-refractivity contribution in [2.45, 2.75) is 20.8 Å². The number of aromatic amines is 1. The number of aromatic nitrogens is 3. The average Bonchev–Trinajstić information content (AvgIpc) is 3.21. The lowest BCUT2D eigenvalue weighted by Crippen LogP contribution is -2.21. The fourth-order valence-corrected chi connectivity index (χ4v) is 5.26. The molecule has 4 aromatic rings. The number of para-hydroxylation sites is 1. The number of nitrogens with zero attached hydrogens (tertiary/aromatic N) is 3. The largest absolute Gasteiger partial charge is 0.497 e. The van der Waals surface area contributed by atoms with E-state index in [1.807, 2.05) is 34.9 Å². The molecular formula is C25H30N4O3S3. The number of hydrogen-bond donors (Lipinski definition) is 1. The van der Waals surface area contributed by atoms with Crippen LogP contribution in [0.1, 0.15) is 20.8 Å². The average molecular weight is 531 g/mol. The summed E-state index contributed by atoms with van der Waals surface area (Å²) in [7, 11) is 3.10. The minimum Gasteiger partial charge on any atom is -0.497 e. The fourth-order valence-electron chi connectivity index (χ4n) is 3.66. The lowest BCUT2D eigenvalue weighted by Gasteiger charge is -2.13.